The van der Waals surface area contributed by atoms with Crippen LogP contribution in [0.25, 0.3) is 10.9 Å². The molecule has 1 aliphatic heterocycles. The van der Waals surface area contributed by atoms with E-state index < -0.39 is 11.7 Å². The van der Waals surface area contributed by atoms with E-state index in [0.717, 1.165) is 26.1 Å². The molecule has 0 saturated carbocycles. The van der Waals surface area contributed by atoms with Gasteiger partial charge in [-0.15, -0.1) is 0 Å². The number of carbonyl (C=O) groups excluding carboxylic acids is 1. The number of piperidine rings is 1. The SMILES string of the molecule is COc1cc2c(N(c3cccc(F)c3)c3cc(CC(N)=O)[nH]n3)ncnc2cc1OCCCN1CCCCC1. The lowest BCUT2D eigenvalue weighted by Crippen LogP contribution is -2.31. The number of nitrogens with zero attached hydrogens (tertiary/aromatic N) is 5. The number of nitrogens with two attached hydrogens (primary N) is 1. The summed E-state index contributed by atoms with van der Waals surface area (Å²) in [7, 11) is 1.58. The molecule has 0 bridgehead atoms. The van der Waals surface area contributed by atoms with Crippen molar-refractivity contribution in [3.63, 3.8) is 0 Å². The molecular weight excluding hydrogens is 501 g/mol. The normalized spacial score (nSPS) is 13.9. The van der Waals surface area contributed by atoms with Crippen LogP contribution in [0.3, 0.4) is 0 Å². The minimum Gasteiger partial charge on any atom is -0.493 e. The number of benzene rings is 2. The van der Waals surface area contributed by atoms with Crippen LogP contribution >= 0.6 is 0 Å². The van der Waals surface area contributed by atoms with E-state index in [9.17, 15) is 9.18 Å². The summed E-state index contributed by atoms with van der Waals surface area (Å²) < 4.78 is 26.1. The number of primary amides is 1. The number of amides is 1. The smallest absolute Gasteiger partial charge is 0.223 e. The first-order valence-electron chi connectivity index (χ1n) is 13.1. The van der Waals surface area contributed by atoms with E-state index in [0.29, 0.717) is 52.0 Å². The number of fused-ring (bicyclic) bond motifs is 1. The molecule has 0 unspecified atom stereocenters. The number of H-pyrrole nitrogens is 1. The van der Waals surface area contributed by atoms with Gasteiger partial charge in [0.25, 0.3) is 0 Å². The zero-order chi connectivity index (χ0) is 27.2. The third-order valence-electron chi connectivity index (χ3n) is 6.71. The second kappa shape index (κ2) is 12.1. The molecule has 5 rings (SSSR count). The molecule has 10 nitrogen and oxygen atoms in total. The highest BCUT2D eigenvalue weighted by atomic mass is 19.1. The second-order valence-electron chi connectivity index (χ2n) is 9.53. The first-order chi connectivity index (χ1) is 19.0. The third-order valence-corrected chi connectivity index (χ3v) is 6.71. The summed E-state index contributed by atoms with van der Waals surface area (Å²) in [5, 5.41) is 7.84. The monoisotopic (exact) mass is 533 g/mol. The molecule has 0 spiro atoms. The highest BCUT2D eigenvalue weighted by Crippen LogP contribution is 2.40. The number of carbonyl (C=O) groups is 1. The van der Waals surface area contributed by atoms with Crippen molar-refractivity contribution >= 4 is 34.1 Å². The van der Waals surface area contributed by atoms with Gasteiger partial charge in [0.05, 0.1) is 31.3 Å². The molecule has 0 radical (unpaired) electrons. The molecule has 2 aromatic heterocycles. The van der Waals surface area contributed by atoms with Crippen LogP contribution in [0.4, 0.5) is 21.7 Å². The van der Waals surface area contributed by atoms with Gasteiger partial charge >= 0.3 is 0 Å². The summed E-state index contributed by atoms with van der Waals surface area (Å²) in [6.07, 6.45) is 6.18. The third kappa shape index (κ3) is 6.26. The lowest BCUT2D eigenvalue weighted by atomic mass is 10.1. The Morgan fingerprint density at radius 2 is 1.97 bits per heavy atom. The van der Waals surface area contributed by atoms with Crippen molar-refractivity contribution < 1.29 is 18.7 Å². The predicted molar refractivity (Wildman–Crippen MR) is 146 cm³/mol. The van der Waals surface area contributed by atoms with Crippen molar-refractivity contribution in [2.75, 3.05) is 38.3 Å². The van der Waals surface area contributed by atoms with Gasteiger partial charge in [-0.1, -0.05) is 12.5 Å². The van der Waals surface area contributed by atoms with Gasteiger partial charge < -0.3 is 20.1 Å². The second-order valence-corrected chi connectivity index (χ2v) is 9.53. The summed E-state index contributed by atoms with van der Waals surface area (Å²) in [6.45, 7) is 3.87. The fourth-order valence-corrected chi connectivity index (χ4v) is 4.87. The average molecular weight is 534 g/mol. The fourth-order valence-electron chi connectivity index (χ4n) is 4.87. The maximum absolute atomic E-state index is 14.3. The van der Waals surface area contributed by atoms with E-state index in [1.807, 2.05) is 12.1 Å². The molecule has 1 saturated heterocycles. The van der Waals surface area contributed by atoms with Crippen LogP contribution in [-0.2, 0) is 11.2 Å². The molecule has 3 N–H and O–H groups in total. The minimum atomic E-state index is -0.497. The van der Waals surface area contributed by atoms with Gasteiger partial charge in [-0.25, -0.2) is 14.4 Å². The molecule has 1 fully saturated rings. The highest BCUT2D eigenvalue weighted by Gasteiger charge is 2.22. The minimum absolute atomic E-state index is 0.0131. The molecule has 0 aliphatic carbocycles. The topological polar surface area (TPSA) is 122 Å². The van der Waals surface area contributed by atoms with Gasteiger partial charge in [0, 0.05) is 29.8 Å². The molecule has 3 heterocycles. The molecule has 11 heteroatoms. The number of likely N-dealkylation sites (tertiary alicyclic amines) is 1. The molecule has 1 aliphatic rings. The number of aromatic amines is 1. The Bertz CT molecular complexity index is 1440. The van der Waals surface area contributed by atoms with Crippen LogP contribution in [0.2, 0.25) is 0 Å². The Kier molecular flexibility index (Phi) is 8.16. The van der Waals surface area contributed by atoms with Crippen molar-refractivity contribution in [2.45, 2.75) is 32.1 Å². The number of methoxy groups -OCH3 is 1. The lowest BCUT2D eigenvalue weighted by molar-refractivity contribution is -0.117. The zero-order valence-corrected chi connectivity index (χ0v) is 21.9. The largest absolute Gasteiger partial charge is 0.493 e. The van der Waals surface area contributed by atoms with Crippen molar-refractivity contribution in [3.05, 3.63) is 60.3 Å². The molecule has 204 valence electrons. The van der Waals surface area contributed by atoms with Crippen molar-refractivity contribution in [2.24, 2.45) is 5.73 Å². The zero-order valence-electron chi connectivity index (χ0n) is 21.9. The fraction of sp³-hybridized carbons (Fsp3) is 0.357. The van der Waals surface area contributed by atoms with Gasteiger partial charge in [0.1, 0.15) is 18.0 Å². The van der Waals surface area contributed by atoms with E-state index in [2.05, 4.69) is 25.1 Å². The molecule has 2 aromatic carbocycles. The highest BCUT2D eigenvalue weighted by molar-refractivity contribution is 5.96. The number of rotatable bonds is 11. The van der Waals surface area contributed by atoms with Crippen molar-refractivity contribution in [3.8, 4) is 11.5 Å². The standard InChI is InChI=1S/C28H32FN7O3/c1-38-24-16-22-23(17-25(24)39-12-6-11-35-9-3-2-4-10-35)31-18-32-28(22)36(21-8-5-7-19(29)13-21)27-15-20(33-34-27)14-26(30)37/h5,7-8,13,15-18H,2-4,6,9-12,14H2,1H3,(H2,30,37)(H,33,34). The maximum Gasteiger partial charge on any atom is 0.223 e. The van der Waals surface area contributed by atoms with Gasteiger partial charge in [-0.3, -0.25) is 14.8 Å². The van der Waals surface area contributed by atoms with Crippen LogP contribution in [0.15, 0.2) is 48.8 Å². The van der Waals surface area contributed by atoms with Crippen LogP contribution < -0.4 is 20.1 Å². The Morgan fingerprint density at radius 3 is 2.74 bits per heavy atom. The van der Waals surface area contributed by atoms with E-state index in [-0.39, 0.29) is 6.42 Å². The molecule has 1 amide bonds. The van der Waals surface area contributed by atoms with Gasteiger partial charge in [-0.2, -0.15) is 5.10 Å². The van der Waals surface area contributed by atoms with Gasteiger partial charge in [0.2, 0.25) is 5.91 Å². The van der Waals surface area contributed by atoms with E-state index in [1.54, 1.807) is 30.2 Å². The van der Waals surface area contributed by atoms with Gasteiger partial charge in [-0.05, 0) is 56.6 Å². The number of hydrogen-bond acceptors (Lipinski definition) is 8. The summed E-state index contributed by atoms with van der Waals surface area (Å²) in [5.41, 5.74) is 6.99. The molecule has 0 atom stereocenters. The van der Waals surface area contributed by atoms with Gasteiger partial charge in [0.15, 0.2) is 17.3 Å². The van der Waals surface area contributed by atoms with E-state index in [1.165, 1.54) is 37.7 Å². The summed E-state index contributed by atoms with van der Waals surface area (Å²) in [5.74, 6) is 1.08. The first kappa shape index (κ1) is 26.4. The summed E-state index contributed by atoms with van der Waals surface area (Å²) in [4.78, 5) is 24.6. The predicted octanol–water partition coefficient (Wildman–Crippen LogP) is 4.25. The van der Waals surface area contributed by atoms with E-state index >= 15 is 0 Å². The molecule has 39 heavy (non-hydrogen) atoms. The van der Waals surface area contributed by atoms with Crippen LogP contribution in [0, 0.1) is 5.82 Å². The average Bonchev–Trinajstić information content (AvgIpc) is 3.38. The Labute approximate surface area is 225 Å². The number of ether oxygens (including phenoxy) is 2. The van der Waals surface area contributed by atoms with E-state index in [4.69, 9.17) is 15.2 Å². The molecule has 4 aromatic rings. The number of halogens is 1. The Hall–Kier alpha value is -4.25. The Balaban J connectivity index is 1.47. The lowest BCUT2D eigenvalue weighted by Gasteiger charge is -2.26. The maximum atomic E-state index is 14.3. The van der Waals surface area contributed by atoms with Crippen molar-refractivity contribution in [1.29, 1.82) is 0 Å². The quantitative estimate of drug-likeness (QED) is 0.274. The number of aromatic nitrogens is 4. The van der Waals surface area contributed by atoms with Crippen LogP contribution in [-0.4, -0.2) is 64.3 Å². The number of anilines is 3. The summed E-state index contributed by atoms with van der Waals surface area (Å²) >= 11 is 0. The number of hydrogen-bond donors (Lipinski definition) is 2. The first-order valence-corrected chi connectivity index (χ1v) is 13.1. The number of nitrogens with one attached hydrogen (secondary N) is 1. The Morgan fingerprint density at radius 1 is 1.13 bits per heavy atom. The van der Waals surface area contributed by atoms with Crippen LogP contribution in [0.5, 0.6) is 11.5 Å². The van der Waals surface area contributed by atoms with Crippen molar-refractivity contribution in [1.82, 2.24) is 25.1 Å². The summed E-state index contributed by atoms with van der Waals surface area (Å²) in [6, 6.07) is 11.4. The molecular formula is C28H32FN7O3. The van der Waals surface area contributed by atoms with Crippen LogP contribution in [0.1, 0.15) is 31.4 Å².